The van der Waals surface area contributed by atoms with Crippen molar-refractivity contribution in [2.75, 3.05) is 42.6 Å². The summed E-state index contributed by atoms with van der Waals surface area (Å²) in [5.74, 6) is -1.13. The minimum Gasteiger partial charge on any atom is -0.481 e. The van der Waals surface area contributed by atoms with Gasteiger partial charge in [-0.15, -0.1) is 11.8 Å². The van der Waals surface area contributed by atoms with Gasteiger partial charge in [-0.25, -0.2) is 4.39 Å². The largest absolute Gasteiger partial charge is 0.481 e. The lowest BCUT2D eigenvalue weighted by molar-refractivity contribution is -0.133. The van der Waals surface area contributed by atoms with Gasteiger partial charge in [0.25, 0.3) is 0 Å². The van der Waals surface area contributed by atoms with Crippen LogP contribution in [-0.4, -0.2) is 59.6 Å². The van der Waals surface area contributed by atoms with Crippen molar-refractivity contribution in [3.63, 3.8) is 0 Å². The summed E-state index contributed by atoms with van der Waals surface area (Å²) in [5, 5.41) is 8.54. The van der Waals surface area contributed by atoms with Gasteiger partial charge < -0.3 is 14.9 Å². The second-order valence-corrected chi connectivity index (χ2v) is 5.69. The van der Waals surface area contributed by atoms with E-state index in [0.717, 1.165) is 11.8 Å². The first-order valence-corrected chi connectivity index (χ1v) is 7.80. The standard InChI is InChI=1S/C14H17FN2O3S/c15-11-3-1-2-4-12(11)16-5-7-17(8-6-16)13(18)9-21-10-14(19)20/h1-4H,5-10H2,(H,19,20). The van der Waals surface area contributed by atoms with Crippen LogP contribution in [0.3, 0.4) is 0 Å². The first kappa shape index (κ1) is 15.6. The lowest BCUT2D eigenvalue weighted by atomic mass is 10.2. The molecule has 1 aromatic carbocycles. The van der Waals surface area contributed by atoms with Crippen molar-refractivity contribution >= 4 is 29.3 Å². The van der Waals surface area contributed by atoms with Gasteiger partial charge in [0.1, 0.15) is 5.82 Å². The summed E-state index contributed by atoms with van der Waals surface area (Å²) in [6, 6.07) is 6.60. The predicted octanol–water partition coefficient (Wildman–Crippen LogP) is 1.29. The minimum atomic E-state index is -0.919. The quantitative estimate of drug-likeness (QED) is 0.888. The third kappa shape index (κ3) is 4.35. The molecule has 0 bridgehead atoms. The lowest BCUT2D eigenvalue weighted by Crippen LogP contribution is -2.49. The maximum Gasteiger partial charge on any atom is 0.313 e. The number of carboxylic acid groups (broad SMARTS) is 1. The Morgan fingerprint density at radius 2 is 1.81 bits per heavy atom. The summed E-state index contributed by atoms with van der Waals surface area (Å²) in [4.78, 5) is 25.9. The molecule has 1 heterocycles. The van der Waals surface area contributed by atoms with Crippen molar-refractivity contribution in [1.29, 1.82) is 0 Å². The average molecular weight is 312 g/mol. The van der Waals surface area contributed by atoms with Gasteiger partial charge in [-0.2, -0.15) is 0 Å². The number of hydrogen-bond donors (Lipinski definition) is 1. The van der Waals surface area contributed by atoms with E-state index in [9.17, 15) is 14.0 Å². The number of rotatable bonds is 5. The van der Waals surface area contributed by atoms with Crippen LogP contribution >= 0.6 is 11.8 Å². The molecule has 0 aliphatic carbocycles. The van der Waals surface area contributed by atoms with Crippen LogP contribution in [0.15, 0.2) is 24.3 Å². The Morgan fingerprint density at radius 3 is 2.43 bits per heavy atom. The van der Waals surface area contributed by atoms with Gasteiger partial charge in [0.15, 0.2) is 0 Å². The highest BCUT2D eigenvalue weighted by atomic mass is 32.2. The Kier molecular flexibility index (Phi) is 5.44. The number of piperazine rings is 1. The van der Waals surface area contributed by atoms with Gasteiger partial charge in [0, 0.05) is 26.2 Å². The summed E-state index contributed by atoms with van der Waals surface area (Å²) < 4.78 is 13.7. The maximum atomic E-state index is 13.7. The highest BCUT2D eigenvalue weighted by Crippen LogP contribution is 2.20. The Hall–Kier alpha value is -1.76. The number of para-hydroxylation sites is 1. The first-order valence-electron chi connectivity index (χ1n) is 6.64. The van der Waals surface area contributed by atoms with Crippen molar-refractivity contribution < 1.29 is 19.1 Å². The van der Waals surface area contributed by atoms with Gasteiger partial charge >= 0.3 is 5.97 Å². The molecule has 0 atom stereocenters. The molecule has 1 aromatic rings. The number of carbonyl (C=O) groups is 2. The van der Waals surface area contributed by atoms with Crippen LogP contribution in [0.4, 0.5) is 10.1 Å². The fourth-order valence-electron chi connectivity index (χ4n) is 2.22. The van der Waals surface area contributed by atoms with E-state index < -0.39 is 5.97 Å². The Morgan fingerprint density at radius 1 is 1.14 bits per heavy atom. The fraction of sp³-hybridized carbons (Fsp3) is 0.429. The van der Waals surface area contributed by atoms with E-state index in [1.807, 2.05) is 4.90 Å². The number of carboxylic acids is 1. The van der Waals surface area contributed by atoms with Gasteiger partial charge in [-0.05, 0) is 12.1 Å². The lowest BCUT2D eigenvalue weighted by Gasteiger charge is -2.36. The van der Waals surface area contributed by atoms with E-state index in [0.29, 0.717) is 31.9 Å². The van der Waals surface area contributed by atoms with Crippen LogP contribution in [0, 0.1) is 5.82 Å². The zero-order chi connectivity index (χ0) is 15.2. The van der Waals surface area contributed by atoms with Crippen molar-refractivity contribution in [2.45, 2.75) is 0 Å². The Bertz CT molecular complexity index is 519. The third-order valence-electron chi connectivity index (χ3n) is 3.28. The number of amides is 1. The molecule has 21 heavy (non-hydrogen) atoms. The van der Waals surface area contributed by atoms with Crippen LogP contribution in [0.2, 0.25) is 0 Å². The zero-order valence-electron chi connectivity index (χ0n) is 11.5. The van der Waals surface area contributed by atoms with Crippen LogP contribution in [0.25, 0.3) is 0 Å². The van der Waals surface area contributed by atoms with E-state index in [2.05, 4.69) is 0 Å². The van der Waals surface area contributed by atoms with Gasteiger partial charge in [0.05, 0.1) is 17.2 Å². The average Bonchev–Trinajstić information content (AvgIpc) is 2.47. The highest BCUT2D eigenvalue weighted by Gasteiger charge is 2.22. The van der Waals surface area contributed by atoms with Crippen molar-refractivity contribution in [3.05, 3.63) is 30.1 Å². The van der Waals surface area contributed by atoms with E-state index in [-0.39, 0.29) is 23.2 Å². The zero-order valence-corrected chi connectivity index (χ0v) is 12.3. The first-order chi connectivity index (χ1) is 10.1. The summed E-state index contributed by atoms with van der Waals surface area (Å²) >= 11 is 1.10. The van der Waals surface area contributed by atoms with Crippen molar-refractivity contribution in [2.24, 2.45) is 0 Å². The molecule has 1 N–H and O–H groups in total. The Balaban J connectivity index is 1.82. The van der Waals surface area contributed by atoms with Crippen LogP contribution in [0.5, 0.6) is 0 Å². The molecule has 0 unspecified atom stereocenters. The SMILES string of the molecule is O=C(O)CSCC(=O)N1CCN(c2ccccc2F)CC1. The molecule has 0 radical (unpaired) electrons. The van der Waals surface area contributed by atoms with E-state index >= 15 is 0 Å². The van der Waals surface area contributed by atoms with Gasteiger partial charge in [0.2, 0.25) is 5.91 Å². The number of nitrogens with zero attached hydrogens (tertiary/aromatic N) is 2. The van der Waals surface area contributed by atoms with Crippen LogP contribution in [-0.2, 0) is 9.59 Å². The topological polar surface area (TPSA) is 60.9 Å². The molecule has 1 fully saturated rings. The molecule has 114 valence electrons. The molecule has 1 aliphatic rings. The summed E-state index contributed by atoms with van der Waals surface area (Å²) in [6.07, 6.45) is 0. The van der Waals surface area contributed by atoms with Crippen molar-refractivity contribution in [3.8, 4) is 0 Å². The molecular weight excluding hydrogens is 295 g/mol. The van der Waals surface area contributed by atoms with Gasteiger partial charge in [-0.3, -0.25) is 9.59 Å². The summed E-state index contributed by atoms with van der Waals surface area (Å²) in [7, 11) is 0. The molecule has 5 nitrogen and oxygen atoms in total. The number of anilines is 1. The number of hydrogen-bond acceptors (Lipinski definition) is 4. The molecule has 0 spiro atoms. The van der Waals surface area contributed by atoms with Crippen LogP contribution < -0.4 is 4.90 Å². The third-order valence-corrected chi connectivity index (χ3v) is 4.18. The number of thioether (sulfide) groups is 1. The second-order valence-electron chi connectivity index (χ2n) is 4.71. The molecule has 1 amide bonds. The molecule has 0 saturated carbocycles. The number of benzene rings is 1. The molecular formula is C14H17FN2O3S. The van der Waals surface area contributed by atoms with E-state index in [4.69, 9.17) is 5.11 Å². The predicted molar refractivity (Wildman–Crippen MR) is 80.2 cm³/mol. The van der Waals surface area contributed by atoms with Crippen molar-refractivity contribution in [1.82, 2.24) is 4.90 Å². The molecule has 2 rings (SSSR count). The van der Waals surface area contributed by atoms with Gasteiger partial charge in [-0.1, -0.05) is 12.1 Å². The molecule has 1 saturated heterocycles. The molecule has 7 heteroatoms. The summed E-state index contributed by atoms with van der Waals surface area (Å²) in [6.45, 7) is 2.22. The molecule has 1 aliphatic heterocycles. The number of halogens is 1. The van der Waals surface area contributed by atoms with Crippen LogP contribution in [0.1, 0.15) is 0 Å². The number of aliphatic carboxylic acids is 1. The van der Waals surface area contributed by atoms with E-state index in [1.165, 1.54) is 6.07 Å². The number of carbonyl (C=O) groups excluding carboxylic acids is 1. The normalized spacial score (nSPS) is 15.1. The van der Waals surface area contributed by atoms with E-state index in [1.54, 1.807) is 23.1 Å². The Labute approximate surface area is 126 Å². The monoisotopic (exact) mass is 312 g/mol. The minimum absolute atomic E-state index is 0.0607. The molecule has 0 aromatic heterocycles. The fourth-order valence-corrected chi connectivity index (χ4v) is 2.86. The second kappa shape index (κ2) is 7.31. The highest BCUT2D eigenvalue weighted by molar-refractivity contribution is 8.00. The maximum absolute atomic E-state index is 13.7. The summed E-state index contributed by atoms with van der Waals surface area (Å²) in [5.41, 5.74) is 0.560. The smallest absolute Gasteiger partial charge is 0.313 e.